The van der Waals surface area contributed by atoms with Gasteiger partial charge in [-0.05, 0) is 13.0 Å². The van der Waals surface area contributed by atoms with Gasteiger partial charge in [0.2, 0.25) is 5.91 Å². The zero-order valence-electron chi connectivity index (χ0n) is 11.5. The Balaban J connectivity index is 2.04. The number of methoxy groups -OCH3 is 1. The molecule has 0 unspecified atom stereocenters. The van der Waals surface area contributed by atoms with Crippen LogP contribution in [0.15, 0.2) is 29.3 Å². The molecule has 106 valence electrons. The normalized spacial score (nSPS) is 10.7. The molecule has 6 heteroatoms. The molecule has 5 nitrogen and oxygen atoms in total. The number of ether oxygens (including phenoxy) is 1. The Kier molecular flexibility index (Phi) is 5.31. The van der Waals surface area contributed by atoms with Gasteiger partial charge in [-0.25, -0.2) is 9.97 Å². The highest BCUT2D eigenvalue weighted by molar-refractivity contribution is 8.00. The summed E-state index contributed by atoms with van der Waals surface area (Å²) in [5.74, 6) is 1.03. The largest absolute Gasteiger partial charge is 0.383 e. The molecule has 1 amide bonds. The number of aryl methyl sites for hydroxylation is 1. The van der Waals surface area contributed by atoms with Crippen molar-refractivity contribution in [2.75, 3.05) is 26.0 Å². The molecular weight excluding hydrogens is 274 g/mol. The van der Waals surface area contributed by atoms with E-state index in [9.17, 15) is 4.79 Å². The highest BCUT2D eigenvalue weighted by Gasteiger charge is 2.08. The SMILES string of the molecule is COCCNC(=O)CSc1nc(C)nc2ccccc12. The van der Waals surface area contributed by atoms with Crippen molar-refractivity contribution in [2.45, 2.75) is 11.9 Å². The van der Waals surface area contributed by atoms with Gasteiger partial charge in [-0.15, -0.1) is 0 Å². The van der Waals surface area contributed by atoms with Crippen LogP contribution in [0.2, 0.25) is 0 Å². The Labute approximate surface area is 122 Å². The molecule has 1 aromatic carbocycles. The van der Waals surface area contributed by atoms with E-state index < -0.39 is 0 Å². The molecule has 0 bridgehead atoms. The van der Waals surface area contributed by atoms with E-state index in [1.54, 1.807) is 7.11 Å². The Morgan fingerprint density at radius 1 is 1.35 bits per heavy atom. The maximum atomic E-state index is 11.7. The Hall–Kier alpha value is -1.66. The van der Waals surface area contributed by atoms with Crippen LogP contribution in [0.5, 0.6) is 0 Å². The third kappa shape index (κ3) is 3.91. The lowest BCUT2D eigenvalue weighted by molar-refractivity contribution is -0.118. The highest BCUT2D eigenvalue weighted by atomic mass is 32.2. The number of fused-ring (bicyclic) bond motifs is 1. The summed E-state index contributed by atoms with van der Waals surface area (Å²) in [5.41, 5.74) is 0.905. The monoisotopic (exact) mass is 291 g/mol. The topological polar surface area (TPSA) is 64.1 Å². The van der Waals surface area contributed by atoms with Gasteiger partial charge in [0, 0.05) is 19.0 Å². The van der Waals surface area contributed by atoms with E-state index in [1.807, 2.05) is 31.2 Å². The van der Waals surface area contributed by atoms with Crippen LogP contribution >= 0.6 is 11.8 Å². The van der Waals surface area contributed by atoms with E-state index in [4.69, 9.17) is 4.74 Å². The van der Waals surface area contributed by atoms with Crippen molar-refractivity contribution < 1.29 is 9.53 Å². The van der Waals surface area contributed by atoms with Crippen LogP contribution in [-0.2, 0) is 9.53 Å². The Morgan fingerprint density at radius 3 is 2.95 bits per heavy atom. The van der Waals surface area contributed by atoms with Crippen LogP contribution in [0.25, 0.3) is 10.9 Å². The summed E-state index contributed by atoms with van der Waals surface area (Å²) in [5, 5.41) is 4.61. The summed E-state index contributed by atoms with van der Waals surface area (Å²) in [7, 11) is 1.61. The van der Waals surface area contributed by atoms with Crippen molar-refractivity contribution in [3.8, 4) is 0 Å². The second-order valence-corrected chi connectivity index (χ2v) is 5.19. The minimum absolute atomic E-state index is 0.0209. The van der Waals surface area contributed by atoms with E-state index in [1.165, 1.54) is 11.8 Å². The molecule has 0 aliphatic carbocycles. The Morgan fingerprint density at radius 2 is 2.15 bits per heavy atom. The van der Waals surface area contributed by atoms with Gasteiger partial charge in [-0.2, -0.15) is 0 Å². The van der Waals surface area contributed by atoms with Crippen LogP contribution < -0.4 is 5.32 Å². The molecule has 2 aromatic rings. The van der Waals surface area contributed by atoms with Crippen molar-refractivity contribution in [2.24, 2.45) is 0 Å². The predicted molar refractivity (Wildman–Crippen MR) is 79.9 cm³/mol. The molecule has 0 fully saturated rings. The smallest absolute Gasteiger partial charge is 0.230 e. The number of carbonyl (C=O) groups is 1. The number of rotatable bonds is 6. The number of nitrogens with zero attached hydrogens (tertiary/aromatic N) is 2. The molecule has 0 radical (unpaired) electrons. The summed E-state index contributed by atoms with van der Waals surface area (Å²) >= 11 is 1.43. The van der Waals surface area contributed by atoms with E-state index in [-0.39, 0.29) is 5.91 Å². The van der Waals surface area contributed by atoms with Gasteiger partial charge in [-0.1, -0.05) is 30.0 Å². The van der Waals surface area contributed by atoms with Gasteiger partial charge in [-0.3, -0.25) is 4.79 Å². The standard InChI is InChI=1S/C14H17N3O2S/c1-10-16-12-6-4-3-5-11(12)14(17-10)20-9-13(18)15-7-8-19-2/h3-6H,7-9H2,1-2H3,(H,15,18). The molecule has 0 atom stereocenters. The van der Waals surface area contributed by atoms with Gasteiger partial charge < -0.3 is 10.1 Å². The first kappa shape index (κ1) is 14.7. The molecule has 0 aliphatic heterocycles. The fraction of sp³-hybridized carbons (Fsp3) is 0.357. The minimum atomic E-state index is -0.0209. The fourth-order valence-corrected chi connectivity index (χ4v) is 2.64. The molecule has 1 N–H and O–H groups in total. The lowest BCUT2D eigenvalue weighted by atomic mass is 10.2. The van der Waals surface area contributed by atoms with Crippen LogP contribution in [0.4, 0.5) is 0 Å². The molecular formula is C14H17N3O2S. The van der Waals surface area contributed by atoms with Crippen molar-refractivity contribution in [1.29, 1.82) is 0 Å². The van der Waals surface area contributed by atoms with Crippen molar-refractivity contribution >= 4 is 28.6 Å². The van der Waals surface area contributed by atoms with E-state index in [0.717, 1.165) is 15.9 Å². The van der Waals surface area contributed by atoms with E-state index in [2.05, 4.69) is 15.3 Å². The minimum Gasteiger partial charge on any atom is -0.383 e. The first-order chi connectivity index (χ1) is 9.70. The number of amides is 1. The summed E-state index contributed by atoms with van der Waals surface area (Å²) in [6.07, 6.45) is 0. The number of nitrogens with one attached hydrogen (secondary N) is 1. The number of para-hydroxylation sites is 1. The molecule has 20 heavy (non-hydrogen) atoms. The zero-order valence-corrected chi connectivity index (χ0v) is 12.4. The number of hydrogen-bond donors (Lipinski definition) is 1. The van der Waals surface area contributed by atoms with Crippen LogP contribution in [0, 0.1) is 6.92 Å². The number of aromatic nitrogens is 2. The Bertz CT molecular complexity index is 604. The first-order valence-electron chi connectivity index (χ1n) is 6.32. The third-order valence-electron chi connectivity index (χ3n) is 2.65. The summed E-state index contributed by atoms with van der Waals surface area (Å²) in [6, 6.07) is 7.82. The number of thioether (sulfide) groups is 1. The lowest BCUT2D eigenvalue weighted by Gasteiger charge is -2.07. The van der Waals surface area contributed by atoms with E-state index >= 15 is 0 Å². The molecule has 1 aromatic heterocycles. The predicted octanol–water partition coefficient (Wildman–Crippen LogP) is 1.79. The summed E-state index contributed by atoms with van der Waals surface area (Å²) in [6.45, 7) is 2.90. The number of carbonyl (C=O) groups excluding carboxylic acids is 1. The molecule has 0 aliphatic rings. The molecule has 1 heterocycles. The first-order valence-corrected chi connectivity index (χ1v) is 7.31. The van der Waals surface area contributed by atoms with Crippen molar-refractivity contribution in [1.82, 2.24) is 15.3 Å². The zero-order chi connectivity index (χ0) is 14.4. The average Bonchev–Trinajstić information content (AvgIpc) is 2.45. The second kappa shape index (κ2) is 7.21. The van der Waals surface area contributed by atoms with E-state index in [0.29, 0.717) is 24.7 Å². The maximum Gasteiger partial charge on any atom is 0.230 e. The molecule has 0 saturated carbocycles. The highest BCUT2D eigenvalue weighted by Crippen LogP contribution is 2.24. The molecule has 0 saturated heterocycles. The fourth-order valence-electron chi connectivity index (χ4n) is 1.75. The maximum absolute atomic E-state index is 11.7. The van der Waals surface area contributed by atoms with Crippen molar-refractivity contribution in [3.05, 3.63) is 30.1 Å². The lowest BCUT2D eigenvalue weighted by Crippen LogP contribution is -2.28. The van der Waals surface area contributed by atoms with Crippen molar-refractivity contribution in [3.63, 3.8) is 0 Å². The van der Waals surface area contributed by atoms with Crippen LogP contribution in [0.3, 0.4) is 0 Å². The number of hydrogen-bond acceptors (Lipinski definition) is 5. The second-order valence-electron chi connectivity index (χ2n) is 4.22. The third-order valence-corrected chi connectivity index (χ3v) is 3.64. The quantitative estimate of drug-likeness (QED) is 0.499. The van der Waals surface area contributed by atoms with Crippen LogP contribution in [-0.4, -0.2) is 41.9 Å². The summed E-state index contributed by atoms with van der Waals surface area (Å²) < 4.78 is 4.89. The van der Waals surface area contributed by atoms with Gasteiger partial charge in [0.15, 0.2) is 0 Å². The molecule has 0 spiro atoms. The van der Waals surface area contributed by atoms with Gasteiger partial charge in [0.25, 0.3) is 0 Å². The average molecular weight is 291 g/mol. The molecule has 2 rings (SSSR count). The van der Waals surface area contributed by atoms with Gasteiger partial charge in [0.1, 0.15) is 10.9 Å². The summed E-state index contributed by atoms with van der Waals surface area (Å²) in [4.78, 5) is 20.5. The number of benzene rings is 1. The van der Waals surface area contributed by atoms with Crippen LogP contribution in [0.1, 0.15) is 5.82 Å². The van der Waals surface area contributed by atoms with Gasteiger partial charge >= 0.3 is 0 Å². The van der Waals surface area contributed by atoms with Gasteiger partial charge in [0.05, 0.1) is 17.9 Å².